The average molecular weight is 1000 g/mol. The minimum atomic E-state index is 1.19. The monoisotopic (exact) mass is 1000 g/mol. The second-order valence-electron chi connectivity index (χ2n) is 23.6. The zero-order valence-electron chi connectivity index (χ0n) is 50.9. The maximum Gasteiger partial charge on any atom is 0.0506 e. The SMILES string of the molecule is CCCCCCCCCCCCN(CCCCCCCCCCCC)CCN(CC)CCN(CCCCCCCCCCCC)CN(CCCCCCCCCCCC)CCCCCCCCCCCC. The molecule has 0 radical (unpaired) electrons. The van der Waals surface area contributed by atoms with Crippen LogP contribution in [0.2, 0.25) is 0 Å². The summed E-state index contributed by atoms with van der Waals surface area (Å²) in [6.07, 6.45) is 71.8. The van der Waals surface area contributed by atoms with Gasteiger partial charge < -0.3 is 9.80 Å². The third-order valence-corrected chi connectivity index (χ3v) is 16.5. The van der Waals surface area contributed by atoms with Gasteiger partial charge in [0.15, 0.2) is 0 Å². The number of likely N-dealkylation sites (N-methyl/N-ethyl adjacent to an activating group) is 1. The van der Waals surface area contributed by atoms with Crippen molar-refractivity contribution < 1.29 is 0 Å². The molecule has 0 bridgehead atoms. The van der Waals surface area contributed by atoms with E-state index in [9.17, 15) is 0 Å². The van der Waals surface area contributed by atoms with E-state index in [-0.39, 0.29) is 0 Å². The summed E-state index contributed by atoms with van der Waals surface area (Å²) in [5.41, 5.74) is 0. The highest BCUT2D eigenvalue weighted by molar-refractivity contribution is 4.69. The molecule has 0 aliphatic heterocycles. The fourth-order valence-electron chi connectivity index (χ4n) is 11.2. The second kappa shape index (κ2) is 62.4. The third-order valence-electron chi connectivity index (χ3n) is 16.5. The van der Waals surface area contributed by atoms with Gasteiger partial charge in [-0.2, -0.15) is 0 Å². The molecule has 0 atom stereocenters. The van der Waals surface area contributed by atoms with Crippen LogP contribution in [-0.4, -0.2) is 91.7 Å². The standard InChI is InChI=1S/C67H140N4/c1-7-13-18-23-28-33-38-43-48-53-58-69(59-54-49-44-39-34-29-24-19-14-8-2)65-63-68(12-6)64-66-71(62-57-52-47-42-37-32-27-22-17-11-5)67-70(60-55-50-45-40-35-30-25-20-15-9-3)61-56-51-46-41-36-31-26-21-16-10-4/h7-67H2,1-6H3. The van der Waals surface area contributed by atoms with Crippen LogP contribution in [0.4, 0.5) is 0 Å². The summed E-state index contributed by atoms with van der Waals surface area (Å²) >= 11 is 0. The molecule has 0 aliphatic rings. The lowest BCUT2D eigenvalue weighted by Gasteiger charge is -2.33. The van der Waals surface area contributed by atoms with E-state index in [2.05, 4.69) is 61.1 Å². The van der Waals surface area contributed by atoms with E-state index in [0.29, 0.717) is 0 Å². The molecule has 0 spiro atoms. The summed E-state index contributed by atoms with van der Waals surface area (Å²) in [6.45, 7) is 28.1. The van der Waals surface area contributed by atoms with Gasteiger partial charge >= 0.3 is 0 Å². The van der Waals surface area contributed by atoms with E-state index >= 15 is 0 Å². The maximum absolute atomic E-state index is 2.94. The molecule has 0 heterocycles. The van der Waals surface area contributed by atoms with Crippen molar-refractivity contribution in [1.82, 2.24) is 19.6 Å². The summed E-state index contributed by atoms with van der Waals surface area (Å²) < 4.78 is 0. The second-order valence-corrected chi connectivity index (χ2v) is 23.6. The molecule has 0 saturated carbocycles. The van der Waals surface area contributed by atoms with E-state index in [1.54, 1.807) is 0 Å². The molecule has 0 amide bonds. The Balaban J connectivity index is 5.51. The number of hydrogen-bond donors (Lipinski definition) is 0. The van der Waals surface area contributed by atoms with Crippen molar-refractivity contribution in [1.29, 1.82) is 0 Å². The lowest BCUT2D eigenvalue weighted by atomic mass is 10.1. The molecule has 0 rings (SSSR count). The minimum Gasteiger partial charge on any atom is -0.302 e. The smallest absolute Gasteiger partial charge is 0.0506 e. The van der Waals surface area contributed by atoms with Gasteiger partial charge in [-0.25, -0.2) is 0 Å². The Labute approximate surface area is 452 Å². The van der Waals surface area contributed by atoms with Crippen molar-refractivity contribution in [3.63, 3.8) is 0 Å². The zero-order valence-corrected chi connectivity index (χ0v) is 50.9. The highest BCUT2D eigenvalue weighted by Crippen LogP contribution is 2.17. The van der Waals surface area contributed by atoms with Gasteiger partial charge in [0.05, 0.1) is 6.67 Å². The van der Waals surface area contributed by atoms with E-state index in [0.717, 1.165) is 0 Å². The normalized spacial score (nSPS) is 12.1. The van der Waals surface area contributed by atoms with Gasteiger partial charge in [-0.15, -0.1) is 0 Å². The average Bonchev–Trinajstić information content (AvgIpc) is 3.38. The zero-order chi connectivity index (χ0) is 51.4. The largest absolute Gasteiger partial charge is 0.302 e. The number of unbranched alkanes of at least 4 members (excludes halogenated alkanes) is 45. The Bertz CT molecular complexity index is 878. The summed E-state index contributed by atoms with van der Waals surface area (Å²) in [7, 11) is 0. The van der Waals surface area contributed by atoms with Gasteiger partial charge in [0.25, 0.3) is 0 Å². The van der Waals surface area contributed by atoms with Crippen molar-refractivity contribution in [2.24, 2.45) is 0 Å². The summed E-state index contributed by atoms with van der Waals surface area (Å²) in [6, 6.07) is 0. The van der Waals surface area contributed by atoms with Gasteiger partial charge in [0, 0.05) is 26.2 Å². The first-order chi connectivity index (χ1) is 35.1. The van der Waals surface area contributed by atoms with Crippen LogP contribution >= 0.6 is 0 Å². The van der Waals surface area contributed by atoms with E-state index in [1.807, 2.05) is 0 Å². The molecule has 71 heavy (non-hydrogen) atoms. The number of hydrogen-bond acceptors (Lipinski definition) is 4. The van der Waals surface area contributed by atoms with Crippen LogP contribution in [-0.2, 0) is 0 Å². The molecule has 0 aromatic carbocycles. The van der Waals surface area contributed by atoms with Crippen molar-refractivity contribution in [3.05, 3.63) is 0 Å². The molecule has 0 saturated heterocycles. The van der Waals surface area contributed by atoms with Crippen LogP contribution in [0.1, 0.15) is 363 Å². The van der Waals surface area contributed by atoms with Crippen LogP contribution in [0.25, 0.3) is 0 Å². The van der Waals surface area contributed by atoms with E-state index in [1.165, 1.54) is 393 Å². The Morgan fingerprint density at radius 3 is 0.507 bits per heavy atom. The van der Waals surface area contributed by atoms with Crippen molar-refractivity contribution in [2.75, 3.05) is 72.1 Å². The molecule has 0 aromatic heterocycles. The van der Waals surface area contributed by atoms with Gasteiger partial charge in [0.1, 0.15) is 0 Å². The summed E-state index contributed by atoms with van der Waals surface area (Å²) in [5.74, 6) is 0. The molecule has 0 N–H and O–H groups in total. The molecule has 4 nitrogen and oxygen atoms in total. The highest BCUT2D eigenvalue weighted by Gasteiger charge is 2.15. The first-order valence-corrected chi connectivity index (χ1v) is 34.0. The molecule has 0 fully saturated rings. The first-order valence-electron chi connectivity index (χ1n) is 34.0. The minimum absolute atomic E-state index is 1.19. The van der Waals surface area contributed by atoms with Crippen LogP contribution in [0.15, 0.2) is 0 Å². The Morgan fingerprint density at radius 1 is 0.141 bits per heavy atom. The van der Waals surface area contributed by atoms with Crippen molar-refractivity contribution in [3.8, 4) is 0 Å². The Hall–Kier alpha value is -0.160. The fraction of sp³-hybridized carbons (Fsp3) is 1.00. The summed E-state index contributed by atoms with van der Waals surface area (Å²) in [4.78, 5) is 11.6. The van der Waals surface area contributed by atoms with E-state index < -0.39 is 0 Å². The first kappa shape index (κ1) is 70.8. The topological polar surface area (TPSA) is 13.0 Å². The van der Waals surface area contributed by atoms with E-state index in [4.69, 9.17) is 0 Å². The number of rotatable bonds is 64. The lowest BCUT2D eigenvalue weighted by Crippen LogP contribution is -2.44. The summed E-state index contributed by atoms with van der Waals surface area (Å²) in [5, 5.41) is 0. The van der Waals surface area contributed by atoms with Crippen molar-refractivity contribution in [2.45, 2.75) is 363 Å². The molecule has 0 unspecified atom stereocenters. The quantitative estimate of drug-likeness (QED) is 0.0445. The Kier molecular flexibility index (Phi) is 62.2. The van der Waals surface area contributed by atoms with Crippen LogP contribution in [0, 0.1) is 0 Å². The van der Waals surface area contributed by atoms with Crippen LogP contribution in [0.5, 0.6) is 0 Å². The third kappa shape index (κ3) is 55.9. The molecular weight excluding hydrogens is 861 g/mol. The molecular formula is C67H140N4. The molecule has 0 aromatic rings. The molecule has 4 heteroatoms. The molecule has 0 aliphatic carbocycles. The maximum atomic E-state index is 2.94. The van der Waals surface area contributed by atoms with Gasteiger partial charge in [-0.3, -0.25) is 9.80 Å². The highest BCUT2D eigenvalue weighted by atomic mass is 15.3. The van der Waals surface area contributed by atoms with Gasteiger partial charge in [-0.1, -0.05) is 330 Å². The predicted octanol–water partition coefficient (Wildman–Crippen LogP) is 21.8. The predicted molar refractivity (Wildman–Crippen MR) is 326 cm³/mol. The fourth-order valence-corrected chi connectivity index (χ4v) is 11.2. The van der Waals surface area contributed by atoms with Crippen LogP contribution in [0.3, 0.4) is 0 Å². The van der Waals surface area contributed by atoms with Crippen LogP contribution < -0.4 is 0 Å². The lowest BCUT2D eigenvalue weighted by molar-refractivity contribution is 0.108. The van der Waals surface area contributed by atoms with Gasteiger partial charge in [0.2, 0.25) is 0 Å². The molecule has 428 valence electrons. The van der Waals surface area contributed by atoms with Gasteiger partial charge in [-0.05, 0) is 71.4 Å². The number of nitrogens with zero attached hydrogens (tertiary/aromatic N) is 4. The van der Waals surface area contributed by atoms with Crippen molar-refractivity contribution >= 4 is 0 Å². The Morgan fingerprint density at radius 2 is 0.296 bits per heavy atom.